The van der Waals surface area contributed by atoms with Crippen LogP contribution in [0.4, 0.5) is 0 Å². The van der Waals surface area contributed by atoms with Crippen LogP contribution in [0, 0.1) is 5.92 Å². The zero-order valence-electron chi connectivity index (χ0n) is 17.2. The summed E-state index contributed by atoms with van der Waals surface area (Å²) in [6, 6.07) is 12.5. The fraction of sp³-hybridized carbons (Fsp3) is 0.480. The number of pyridine rings is 1. The molecule has 4 heteroatoms. The van der Waals surface area contributed by atoms with Crippen molar-refractivity contribution in [2.45, 2.75) is 63.8 Å². The molecule has 3 atom stereocenters. The van der Waals surface area contributed by atoms with Crippen molar-refractivity contribution in [1.29, 1.82) is 0 Å². The lowest BCUT2D eigenvalue weighted by molar-refractivity contribution is -0.136. The Balaban J connectivity index is 1.45. The molecule has 1 aromatic carbocycles. The van der Waals surface area contributed by atoms with Crippen molar-refractivity contribution >= 4 is 11.7 Å². The minimum absolute atomic E-state index is 0.125. The van der Waals surface area contributed by atoms with Gasteiger partial charge in [-0.15, -0.1) is 0 Å². The van der Waals surface area contributed by atoms with Gasteiger partial charge in [0.2, 0.25) is 5.91 Å². The first-order chi connectivity index (χ1) is 14.1. The van der Waals surface area contributed by atoms with Crippen LogP contribution in [-0.4, -0.2) is 28.1 Å². The molecule has 1 saturated carbocycles. The number of carbonyl (C=O) groups is 2. The zero-order valence-corrected chi connectivity index (χ0v) is 17.2. The third-order valence-electron chi connectivity index (χ3n) is 6.62. The molecule has 2 fully saturated rings. The highest BCUT2D eigenvalue weighted by molar-refractivity contribution is 5.84. The van der Waals surface area contributed by atoms with E-state index >= 15 is 0 Å². The van der Waals surface area contributed by atoms with Gasteiger partial charge in [0.25, 0.3) is 0 Å². The van der Waals surface area contributed by atoms with Crippen LogP contribution in [-0.2, 0) is 16.0 Å². The maximum Gasteiger partial charge on any atom is 0.230 e. The SMILES string of the molecule is C[C@H](C(=O)N1CCCC[C@H]1c1cccnc1)c1ccc(C[C@@H]2CCCC2=O)cc1. The van der Waals surface area contributed by atoms with Crippen LogP contribution in [0.2, 0.25) is 0 Å². The third-order valence-corrected chi connectivity index (χ3v) is 6.62. The van der Waals surface area contributed by atoms with E-state index in [1.165, 1.54) is 5.56 Å². The number of benzene rings is 1. The number of piperidine rings is 1. The van der Waals surface area contributed by atoms with Gasteiger partial charge in [0, 0.05) is 31.3 Å². The van der Waals surface area contributed by atoms with Crippen molar-refractivity contribution in [2.24, 2.45) is 5.92 Å². The maximum atomic E-state index is 13.3. The summed E-state index contributed by atoms with van der Waals surface area (Å²) in [6.07, 6.45) is 10.5. The number of aromatic nitrogens is 1. The Kier molecular flexibility index (Phi) is 6.08. The van der Waals surface area contributed by atoms with Gasteiger partial charge in [-0.05, 0) is 68.2 Å². The molecule has 0 bridgehead atoms. The van der Waals surface area contributed by atoms with Crippen molar-refractivity contribution in [2.75, 3.05) is 6.54 Å². The molecule has 29 heavy (non-hydrogen) atoms. The van der Waals surface area contributed by atoms with Crippen molar-refractivity contribution in [1.82, 2.24) is 9.88 Å². The first-order valence-electron chi connectivity index (χ1n) is 11.0. The molecule has 2 heterocycles. The molecule has 2 aliphatic rings. The standard InChI is InChI=1S/C25H30N2O2/c1-18(20-12-10-19(11-13-20)16-21-6-4-9-24(21)28)25(29)27-15-3-2-8-23(27)22-7-5-14-26-17-22/h5,7,10-14,17-18,21,23H,2-4,6,8-9,15-16H2,1H3/t18-,21-,23-/m0/s1. The lowest BCUT2D eigenvalue weighted by Gasteiger charge is -2.37. The largest absolute Gasteiger partial charge is 0.335 e. The summed E-state index contributed by atoms with van der Waals surface area (Å²) in [7, 11) is 0. The van der Waals surface area contributed by atoms with Gasteiger partial charge in [-0.1, -0.05) is 30.3 Å². The second kappa shape index (κ2) is 8.89. The topological polar surface area (TPSA) is 50.3 Å². The number of carbonyl (C=O) groups excluding carboxylic acids is 2. The van der Waals surface area contributed by atoms with E-state index in [2.05, 4.69) is 40.2 Å². The molecule has 4 nitrogen and oxygen atoms in total. The van der Waals surface area contributed by atoms with Crippen molar-refractivity contribution < 1.29 is 9.59 Å². The summed E-state index contributed by atoms with van der Waals surface area (Å²) >= 11 is 0. The molecule has 4 rings (SSSR count). The Morgan fingerprint density at radius 3 is 2.66 bits per heavy atom. The smallest absolute Gasteiger partial charge is 0.230 e. The highest BCUT2D eigenvalue weighted by Gasteiger charge is 2.31. The predicted octanol–water partition coefficient (Wildman–Crippen LogP) is 4.85. The van der Waals surface area contributed by atoms with E-state index in [1.54, 1.807) is 6.20 Å². The molecule has 152 valence electrons. The van der Waals surface area contributed by atoms with Gasteiger partial charge < -0.3 is 4.90 Å². The number of hydrogen-bond donors (Lipinski definition) is 0. The maximum absolute atomic E-state index is 13.3. The normalized spacial score (nSPS) is 23.2. The van der Waals surface area contributed by atoms with Gasteiger partial charge in [0.15, 0.2) is 0 Å². The predicted molar refractivity (Wildman–Crippen MR) is 113 cm³/mol. The molecule has 1 aliphatic heterocycles. The first kappa shape index (κ1) is 19.8. The fourth-order valence-corrected chi connectivity index (χ4v) is 4.84. The van der Waals surface area contributed by atoms with E-state index in [4.69, 9.17) is 0 Å². The molecule has 2 aromatic rings. The van der Waals surface area contributed by atoms with Gasteiger partial charge >= 0.3 is 0 Å². The van der Waals surface area contributed by atoms with E-state index < -0.39 is 0 Å². The van der Waals surface area contributed by atoms with Crippen LogP contribution in [0.15, 0.2) is 48.8 Å². The second-order valence-corrected chi connectivity index (χ2v) is 8.55. The van der Waals surface area contributed by atoms with E-state index in [-0.39, 0.29) is 23.8 Å². The Hall–Kier alpha value is -2.49. The minimum atomic E-state index is -0.172. The quantitative estimate of drug-likeness (QED) is 0.733. The Bertz CT molecular complexity index is 847. The minimum Gasteiger partial charge on any atom is -0.335 e. The van der Waals surface area contributed by atoms with Crippen LogP contribution in [0.3, 0.4) is 0 Å². The first-order valence-corrected chi connectivity index (χ1v) is 11.0. The summed E-state index contributed by atoms with van der Waals surface area (Å²) in [5, 5.41) is 0. The van der Waals surface area contributed by atoms with Crippen LogP contribution in [0.25, 0.3) is 0 Å². The van der Waals surface area contributed by atoms with Gasteiger partial charge in [0.05, 0.1) is 12.0 Å². The number of likely N-dealkylation sites (tertiary alicyclic amines) is 1. The molecule has 0 spiro atoms. The number of amides is 1. The number of ketones is 1. The number of rotatable bonds is 5. The van der Waals surface area contributed by atoms with Crippen molar-refractivity contribution in [3.05, 3.63) is 65.5 Å². The lowest BCUT2D eigenvalue weighted by Crippen LogP contribution is -2.40. The van der Waals surface area contributed by atoms with Crippen LogP contribution in [0.1, 0.15) is 74.1 Å². The van der Waals surface area contributed by atoms with E-state index in [0.717, 1.165) is 62.6 Å². The van der Waals surface area contributed by atoms with Gasteiger partial charge in [0.1, 0.15) is 5.78 Å². The number of nitrogens with zero attached hydrogens (tertiary/aromatic N) is 2. The molecular weight excluding hydrogens is 360 g/mol. The zero-order chi connectivity index (χ0) is 20.2. The molecular formula is C25H30N2O2. The molecule has 1 aromatic heterocycles. The summed E-state index contributed by atoms with van der Waals surface area (Å²) < 4.78 is 0. The number of Topliss-reactive ketones (excluding diaryl/α,β-unsaturated/α-hetero) is 1. The van der Waals surface area contributed by atoms with Crippen LogP contribution >= 0.6 is 0 Å². The van der Waals surface area contributed by atoms with E-state index in [1.807, 2.05) is 19.2 Å². The van der Waals surface area contributed by atoms with Gasteiger partial charge in [-0.3, -0.25) is 14.6 Å². The molecule has 0 radical (unpaired) electrons. The van der Waals surface area contributed by atoms with Crippen LogP contribution < -0.4 is 0 Å². The van der Waals surface area contributed by atoms with Crippen molar-refractivity contribution in [3.8, 4) is 0 Å². The molecule has 0 N–H and O–H groups in total. The average molecular weight is 391 g/mol. The molecule has 1 saturated heterocycles. The van der Waals surface area contributed by atoms with E-state index in [9.17, 15) is 9.59 Å². The third kappa shape index (κ3) is 4.42. The van der Waals surface area contributed by atoms with Gasteiger partial charge in [-0.2, -0.15) is 0 Å². The Morgan fingerprint density at radius 1 is 1.14 bits per heavy atom. The Morgan fingerprint density at radius 2 is 1.97 bits per heavy atom. The highest BCUT2D eigenvalue weighted by Crippen LogP contribution is 2.33. The monoisotopic (exact) mass is 390 g/mol. The second-order valence-electron chi connectivity index (χ2n) is 8.55. The fourth-order valence-electron chi connectivity index (χ4n) is 4.84. The Labute approximate surface area is 173 Å². The lowest BCUT2D eigenvalue weighted by atomic mass is 9.91. The number of hydrogen-bond acceptors (Lipinski definition) is 3. The molecule has 0 unspecified atom stereocenters. The molecule has 1 amide bonds. The summed E-state index contributed by atoms with van der Waals surface area (Å²) in [4.78, 5) is 31.6. The summed E-state index contributed by atoms with van der Waals surface area (Å²) in [6.45, 7) is 2.82. The van der Waals surface area contributed by atoms with Crippen molar-refractivity contribution in [3.63, 3.8) is 0 Å². The van der Waals surface area contributed by atoms with E-state index in [0.29, 0.717) is 5.78 Å². The summed E-state index contributed by atoms with van der Waals surface area (Å²) in [5.41, 5.74) is 3.37. The van der Waals surface area contributed by atoms with Gasteiger partial charge in [-0.25, -0.2) is 0 Å². The highest BCUT2D eigenvalue weighted by atomic mass is 16.2. The average Bonchev–Trinajstić information content (AvgIpc) is 3.18. The summed E-state index contributed by atoms with van der Waals surface area (Å²) in [5.74, 6) is 0.615. The van der Waals surface area contributed by atoms with Crippen LogP contribution in [0.5, 0.6) is 0 Å². The molecule has 1 aliphatic carbocycles.